The molecule has 1 aromatic carbocycles. The second kappa shape index (κ2) is 5.06. The number of amides is 1. The molecule has 1 atom stereocenters. The van der Waals surface area contributed by atoms with Crippen molar-refractivity contribution in [1.29, 1.82) is 0 Å². The van der Waals surface area contributed by atoms with E-state index in [0.29, 0.717) is 18.4 Å². The van der Waals surface area contributed by atoms with Crippen LogP contribution in [0.5, 0.6) is 0 Å². The Morgan fingerprint density at radius 1 is 1.50 bits per heavy atom. The zero-order chi connectivity index (χ0) is 13.2. The van der Waals surface area contributed by atoms with E-state index in [-0.39, 0.29) is 18.3 Å². The number of nitrogens with one attached hydrogen (secondary N) is 1. The Hall–Kier alpha value is -1.42. The van der Waals surface area contributed by atoms with E-state index in [2.05, 4.69) is 5.32 Å². The lowest BCUT2D eigenvalue weighted by Gasteiger charge is -2.40. The van der Waals surface area contributed by atoms with Gasteiger partial charge in [0.15, 0.2) is 0 Å². The quantitative estimate of drug-likeness (QED) is 0.856. The smallest absolute Gasteiger partial charge is 0.230 e. The molecule has 1 aromatic rings. The van der Waals surface area contributed by atoms with Gasteiger partial charge in [-0.2, -0.15) is 0 Å². The van der Waals surface area contributed by atoms with Crippen molar-refractivity contribution in [1.82, 2.24) is 5.32 Å². The molecule has 98 valence electrons. The second-order valence-electron chi connectivity index (χ2n) is 4.97. The van der Waals surface area contributed by atoms with Crippen molar-refractivity contribution in [3.05, 3.63) is 35.6 Å². The Morgan fingerprint density at radius 3 is 2.67 bits per heavy atom. The third kappa shape index (κ3) is 2.25. The second-order valence-corrected chi connectivity index (χ2v) is 4.97. The highest BCUT2D eigenvalue weighted by atomic mass is 19.1. The number of carbonyl (C=O) groups excluding carboxylic acids is 1. The van der Waals surface area contributed by atoms with Crippen molar-refractivity contribution in [3.8, 4) is 0 Å². The van der Waals surface area contributed by atoms with Crippen molar-refractivity contribution in [3.63, 3.8) is 0 Å². The largest absolute Gasteiger partial charge is 0.392 e. The van der Waals surface area contributed by atoms with Crippen molar-refractivity contribution in [2.45, 2.75) is 37.7 Å². The predicted octanol–water partition coefficient (Wildman–Crippen LogP) is 1.74. The fourth-order valence-electron chi connectivity index (χ4n) is 2.41. The molecular weight excluding hydrogens is 233 g/mol. The molecular formula is C14H18FNO2. The van der Waals surface area contributed by atoms with Gasteiger partial charge in [-0.15, -0.1) is 0 Å². The molecule has 1 aliphatic carbocycles. The van der Waals surface area contributed by atoms with Crippen LogP contribution in [0.15, 0.2) is 24.3 Å². The molecule has 1 aliphatic rings. The average molecular weight is 251 g/mol. The van der Waals surface area contributed by atoms with Gasteiger partial charge in [-0.25, -0.2) is 4.39 Å². The lowest BCUT2D eigenvalue weighted by Crippen LogP contribution is -2.51. The Morgan fingerprint density at radius 2 is 2.17 bits per heavy atom. The summed E-state index contributed by atoms with van der Waals surface area (Å²) < 4.78 is 13.8. The summed E-state index contributed by atoms with van der Waals surface area (Å²) in [7, 11) is 0. The maximum absolute atomic E-state index is 13.8. The number of carbonyl (C=O) groups is 1. The molecule has 0 aliphatic heterocycles. The summed E-state index contributed by atoms with van der Waals surface area (Å²) in [5.74, 6) is -0.510. The SMILES string of the molecule is CC(O)CNC(=O)C1(c2ccccc2F)CCC1. The average Bonchev–Trinajstić information content (AvgIpc) is 2.27. The number of aliphatic hydroxyl groups excluding tert-OH is 1. The van der Waals surface area contributed by atoms with Crippen LogP contribution in [0.4, 0.5) is 4.39 Å². The van der Waals surface area contributed by atoms with Crippen molar-refractivity contribution in [2.24, 2.45) is 0 Å². The molecule has 1 saturated carbocycles. The molecule has 1 amide bonds. The van der Waals surface area contributed by atoms with Crippen LogP contribution in [0.2, 0.25) is 0 Å². The minimum atomic E-state index is -0.736. The summed E-state index contributed by atoms with van der Waals surface area (Å²) >= 11 is 0. The molecule has 4 heteroatoms. The molecule has 0 aromatic heterocycles. The molecule has 0 radical (unpaired) electrons. The van der Waals surface area contributed by atoms with Gasteiger partial charge in [-0.3, -0.25) is 4.79 Å². The minimum Gasteiger partial charge on any atom is -0.392 e. The first-order valence-corrected chi connectivity index (χ1v) is 6.27. The van der Waals surface area contributed by atoms with Gasteiger partial charge < -0.3 is 10.4 Å². The first-order chi connectivity index (χ1) is 8.56. The molecule has 0 spiro atoms. The van der Waals surface area contributed by atoms with Crippen LogP contribution in [-0.2, 0) is 10.2 Å². The molecule has 0 saturated heterocycles. The summed E-state index contributed by atoms with van der Waals surface area (Å²) in [6.45, 7) is 1.81. The topological polar surface area (TPSA) is 49.3 Å². The molecule has 0 bridgehead atoms. The van der Waals surface area contributed by atoms with E-state index in [0.717, 1.165) is 6.42 Å². The Balaban J connectivity index is 2.21. The molecule has 2 N–H and O–H groups in total. The molecule has 1 unspecified atom stereocenters. The standard InChI is InChI=1S/C14H18FNO2/c1-10(17)9-16-13(18)14(7-4-8-14)11-5-2-3-6-12(11)15/h2-3,5-6,10,17H,4,7-9H2,1H3,(H,16,18). The van der Waals surface area contributed by atoms with E-state index in [1.165, 1.54) is 6.07 Å². The third-order valence-electron chi connectivity index (χ3n) is 3.59. The summed E-state index contributed by atoms with van der Waals surface area (Å²) in [4.78, 5) is 12.2. The highest BCUT2D eigenvalue weighted by Gasteiger charge is 2.46. The maximum Gasteiger partial charge on any atom is 0.230 e. The predicted molar refractivity (Wildman–Crippen MR) is 66.6 cm³/mol. The van der Waals surface area contributed by atoms with Gasteiger partial charge in [0.25, 0.3) is 0 Å². The van der Waals surface area contributed by atoms with Gasteiger partial charge in [0.2, 0.25) is 5.91 Å². The van der Waals surface area contributed by atoms with Crippen LogP contribution in [0.1, 0.15) is 31.7 Å². The maximum atomic E-state index is 13.8. The van der Waals surface area contributed by atoms with Crippen LogP contribution < -0.4 is 5.32 Å². The van der Waals surface area contributed by atoms with E-state index in [4.69, 9.17) is 0 Å². The molecule has 2 rings (SSSR count). The summed E-state index contributed by atoms with van der Waals surface area (Å²) in [5, 5.41) is 11.9. The zero-order valence-electron chi connectivity index (χ0n) is 10.4. The summed E-state index contributed by atoms with van der Waals surface area (Å²) in [5.41, 5.74) is -0.264. The van der Waals surface area contributed by atoms with E-state index in [9.17, 15) is 14.3 Å². The fourth-order valence-corrected chi connectivity index (χ4v) is 2.41. The van der Waals surface area contributed by atoms with Gasteiger partial charge in [-0.05, 0) is 25.8 Å². The van der Waals surface area contributed by atoms with Gasteiger partial charge in [0.1, 0.15) is 5.82 Å². The number of hydrogen-bond donors (Lipinski definition) is 2. The van der Waals surface area contributed by atoms with Crippen LogP contribution >= 0.6 is 0 Å². The van der Waals surface area contributed by atoms with Gasteiger partial charge in [0, 0.05) is 12.1 Å². The number of aliphatic hydroxyl groups is 1. The highest BCUT2D eigenvalue weighted by molar-refractivity contribution is 5.89. The number of hydrogen-bond acceptors (Lipinski definition) is 2. The summed E-state index contributed by atoms with van der Waals surface area (Å²) in [6, 6.07) is 6.44. The first kappa shape index (κ1) is 13.0. The Bertz CT molecular complexity index is 441. The lowest BCUT2D eigenvalue weighted by atomic mass is 9.63. The zero-order valence-corrected chi connectivity index (χ0v) is 10.4. The van der Waals surface area contributed by atoms with Gasteiger partial charge in [-0.1, -0.05) is 24.6 Å². The molecule has 0 heterocycles. The van der Waals surface area contributed by atoms with Crippen LogP contribution in [0.3, 0.4) is 0 Å². The van der Waals surface area contributed by atoms with Crippen LogP contribution in [0.25, 0.3) is 0 Å². The Kier molecular flexibility index (Phi) is 3.66. The van der Waals surface area contributed by atoms with Crippen LogP contribution in [-0.4, -0.2) is 23.7 Å². The highest BCUT2D eigenvalue weighted by Crippen LogP contribution is 2.44. The van der Waals surface area contributed by atoms with E-state index >= 15 is 0 Å². The number of benzene rings is 1. The van der Waals surface area contributed by atoms with Crippen molar-refractivity contribution in [2.75, 3.05) is 6.54 Å². The Labute approximate surface area is 106 Å². The molecule has 1 fully saturated rings. The van der Waals surface area contributed by atoms with E-state index in [1.54, 1.807) is 25.1 Å². The van der Waals surface area contributed by atoms with E-state index < -0.39 is 11.5 Å². The van der Waals surface area contributed by atoms with Crippen LogP contribution in [0, 0.1) is 5.82 Å². The lowest BCUT2D eigenvalue weighted by molar-refractivity contribution is -0.130. The summed E-state index contributed by atoms with van der Waals surface area (Å²) in [6.07, 6.45) is 1.67. The third-order valence-corrected chi connectivity index (χ3v) is 3.59. The minimum absolute atomic E-state index is 0.181. The fraction of sp³-hybridized carbons (Fsp3) is 0.500. The number of halogens is 1. The first-order valence-electron chi connectivity index (χ1n) is 6.27. The van der Waals surface area contributed by atoms with E-state index in [1.807, 2.05) is 0 Å². The van der Waals surface area contributed by atoms with Gasteiger partial charge in [0.05, 0.1) is 11.5 Å². The molecule has 18 heavy (non-hydrogen) atoms. The molecule has 3 nitrogen and oxygen atoms in total. The van der Waals surface area contributed by atoms with Crippen molar-refractivity contribution >= 4 is 5.91 Å². The van der Waals surface area contributed by atoms with Gasteiger partial charge >= 0.3 is 0 Å². The van der Waals surface area contributed by atoms with Crippen molar-refractivity contribution < 1.29 is 14.3 Å². The monoisotopic (exact) mass is 251 g/mol. The number of rotatable bonds is 4. The normalized spacial score (nSPS) is 18.8.